The Labute approximate surface area is 459 Å². The van der Waals surface area contributed by atoms with Gasteiger partial charge in [-0.25, -0.2) is 15.0 Å². The first kappa shape index (κ1) is 50.7. The molecular weight excluding hydrogens is 955 g/mol. The first-order valence-electron chi connectivity index (χ1n) is 28.3. The van der Waals surface area contributed by atoms with E-state index in [1.165, 1.54) is 5.19 Å². The van der Waals surface area contributed by atoms with E-state index in [2.05, 4.69) is 251 Å². The number of phenols is 1. The number of aromatic hydroxyl groups is 1. The second-order valence-electron chi connectivity index (χ2n) is 26.9. The normalized spacial score (nSPS) is 15.4. The number of aromatic nitrogens is 5. The number of para-hydroxylation sites is 2. The molecule has 0 amide bonds. The predicted octanol–water partition coefficient (Wildman–Crippen LogP) is 18.4. The minimum Gasteiger partial charge on any atom is -0.507 e. The standard InChI is InChI=1S/C70H77N5OSi/c1-67(2,3)49-38-47(37-48(39-49)65-71-43-61-63(72-65)54-23-18-19-25-58(54)74(61)51-29-27-44(28-30-51)45-33-35-70(10,11)36-34-45)53-24-20-26-60-62(53)73-66(56-40-50(68(4,5)6)41-57(64(56)76)69(7,8)9)75(60)59-32-31-52(77(12,13)14)42-55(59)46-21-16-15-17-22-46/h15-32,37-43,45,76H,33-36H2,1-14H3/i45D. The Morgan fingerprint density at radius 2 is 1.22 bits per heavy atom. The van der Waals surface area contributed by atoms with E-state index in [1.54, 1.807) is 0 Å². The van der Waals surface area contributed by atoms with Gasteiger partial charge in [0.05, 0.1) is 47.6 Å². The highest BCUT2D eigenvalue weighted by Gasteiger charge is 2.31. The van der Waals surface area contributed by atoms with E-state index in [4.69, 9.17) is 15.0 Å². The van der Waals surface area contributed by atoms with Crippen LogP contribution in [0, 0.1) is 5.41 Å². The summed E-state index contributed by atoms with van der Waals surface area (Å²) in [7, 11) is -1.75. The number of phenolic OH excluding ortho intramolecular Hbond substituents is 1. The minimum atomic E-state index is -1.75. The van der Waals surface area contributed by atoms with Crippen LogP contribution in [-0.2, 0) is 16.2 Å². The lowest BCUT2D eigenvalue weighted by Crippen LogP contribution is -2.37. The third kappa shape index (κ3) is 9.75. The third-order valence-electron chi connectivity index (χ3n) is 16.4. The minimum absolute atomic E-state index is 0.202. The highest BCUT2D eigenvalue weighted by atomic mass is 28.3. The van der Waals surface area contributed by atoms with Crippen LogP contribution in [0.1, 0.15) is 131 Å². The van der Waals surface area contributed by atoms with Crippen molar-refractivity contribution >= 4 is 46.2 Å². The molecule has 7 heteroatoms. The lowest BCUT2D eigenvalue weighted by molar-refractivity contribution is 0.224. The van der Waals surface area contributed by atoms with Gasteiger partial charge in [-0.05, 0) is 130 Å². The Morgan fingerprint density at radius 3 is 1.90 bits per heavy atom. The van der Waals surface area contributed by atoms with E-state index in [1.807, 2.05) is 6.20 Å². The first-order chi connectivity index (χ1) is 36.7. The van der Waals surface area contributed by atoms with E-state index in [9.17, 15) is 6.48 Å². The molecule has 0 atom stereocenters. The number of hydrogen-bond donors (Lipinski definition) is 1. The summed E-state index contributed by atoms with van der Waals surface area (Å²) < 4.78 is 14.1. The molecule has 1 aliphatic rings. The van der Waals surface area contributed by atoms with Crippen molar-refractivity contribution in [3.63, 3.8) is 0 Å². The van der Waals surface area contributed by atoms with Gasteiger partial charge >= 0.3 is 0 Å². The number of rotatable bonds is 8. The van der Waals surface area contributed by atoms with Crippen LogP contribution in [0.15, 0.2) is 152 Å². The molecule has 0 spiro atoms. The Hall–Kier alpha value is -7.09. The van der Waals surface area contributed by atoms with Gasteiger partial charge in [0, 0.05) is 34.7 Å². The van der Waals surface area contributed by atoms with Crippen LogP contribution in [0.3, 0.4) is 0 Å². The molecule has 1 N–H and O–H groups in total. The van der Waals surface area contributed by atoms with Gasteiger partial charge in [0.2, 0.25) is 0 Å². The molecule has 0 saturated heterocycles. The number of benzene rings is 7. The van der Waals surface area contributed by atoms with E-state index in [0.29, 0.717) is 22.6 Å². The molecule has 0 aliphatic heterocycles. The average Bonchev–Trinajstić information content (AvgIpc) is 4.00. The molecular formula is C70H77N5OSi. The van der Waals surface area contributed by atoms with Crippen molar-refractivity contribution < 1.29 is 6.48 Å². The van der Waals surface area contributed by atoms with E-state index < -0.39 is 14.0 Å². The zero-order valence-electron chi connectivity index (χ0n) is 48.9. The van der Waals surface area contributed by atoms with Gasteiger partial charge in [-0.15, -0.1) is 0 Å². The predicted molar refractivity (Wildman–Crippen MR) is 328 cm³/mol. The smallest absolute Gasteiger partial charge is 0.159 e. The van der Waals surface area contributed by atoms with Gasteiger partial charge in [0.25, 0.3) is 0 Å². The van der Waals surface area contributed by atoms with Crippen LogP contribution < -0.4 is 5.19 Å². The Morgan fingerprint density at radius 1 is 0.571 bits per heavy atom. The summed E-state index contributed by atoms with van der Waals surface area (Å²) in [6, 6.07) is 52.6. The Balaban J connectivity index is 1.12. The maximum absolute atomic E-state index is 12.7. The fourth-order valence-electron chi connectivity index (χ4n) is 11.5. The van der Waals surface area contributed by atoms with E-state index in [0.717, 1.165) is 120 Å². The highest BCUT2D eigenvalue weighted by Crippen LogP contribution is 2.47. The molecule has 10 aromatic rings. The summed E-state index contributed by atoms with van der Waals surface area (Å²) in [6.45, 7) is 31.9. The number of imidazole rings is 1. The summed E-state index contributed by atoms with van der Waals surface area (Å²) in [5.74, 6) is 1.02. The molecule has 0 radical (unpaired) electrons. The zero-order chi connectivity index (χ0) is 55.5. The van der Waals surface area contributed by atoms with Crippen LogP contribution >= 0.6 is 0 Å². The molecule has 7 aromatic carbocycles. The molecule has 1 aliphatic carbocycles. The maximum atomic E-state index is 12.7. The Kier molecular flexibility index (Phi) is 12.4. The van der Waals surface area contributed by atoms with Gasteiger partial charge in [-0.3, -0.25) is 4.57 Å². The van der Waals surface area contributed by atoms with Gasteiger partial charge < -0.3 is 9.67 Å². The van der Waals surface area contributed by atoms with Crippen molar-refractivity contribution in [3.05, 3.63) is 174 Å². The number of fused-ring (bicyclic) bond motifs is 4. The van der Waals surface area contributed by atoms with Crippen LogP contribution in [0.4, 0.5) is 0 Å². The fourth-order valence-corrected chi connectivity index (χ4v) is 12.6. The summed E-state index contributed by atoms with van der Waals surface area (Å²) in [4.78, 5) is 16.4. The molecule has 1 saturated carbocycles. The molecule has 0 bridgehead atoms. The highest BCUT2D eigenvalue weighted by molar-refractivity contribution is 6.88. The molecule has 3 heterocycles. The van der Waals surface area contributed by atoms with Gasteiger partial charge in [0.15, 0.2) is 5.82 Å². The zero-order valence-corrected chi connectivity index (χ0v) is 48.9. The lowest BCUT2D eigenvalue weighted by Gasteiger charge is -2.34. The van der Waals surface area contributed by atoms with Crippen LogP contribution in [0.2, 0.25) is 19.6 Å². The largest absolute Gasteiger partial charge is 0.507 e. The van der Waals surface area contributed by atoms with Crippen molar-refractivity contribution in [3.8, 4) is 62.2 Å². The summed E-state index contributed by atoms with van der Waals surface area (Å²) >= 11 is 0. The van der Waals surface area contributed by atoms with Gasteiger partial charge in [-0.1, -0.05) is 198 Å². The van der Waals surface area contributed by atoms with E-state index >= 15 is 0 Å². The molecule has 77 heavy (non-hydrogen) atoms. The molecule has 3 aromatic heterocycles. The quantitative estimate of drug-likeness (QED) is 0.154. The van der Waals surface area contributed by atoms with Gasteiger partial charge in [0.1, 0.15) is 17.1 Å². The molecule has 1 fully saturated rings. The lowest BCUT2D eigenvalue weighted by atomic mass is 9.71. The fraction of sp³-hybridized carbons (Fsp3) is 0.329. The summed E-state index contributed by atoms with van der Waals surface area (Å²) in [5.41, 5.74) is 16.4. The van der Waals surface area contributed by atoms with Gasteiger partial charge in [-0.2, -0.15) is 0 Å². The molecule has 392 valence electrons. The summed E-state index contributed by atoms with van der Waals surface area (Å²) in [6.07, 6.45) is 5.86. The molecule has 6 nitrogen and oxygen atoms in total. The van der Waals surface area contributed by atoms with Crippen molar-refractivity contribution in [2.75, 3.05) is 0 Å². The number of hydrogen-bond acceptors (Lipinski definition) is 4. The monoisotopic (exact) mass is 1030 g/mol. The Bertz CT molecular complexity index is 3940. The number of nitrogens with zero attached hydrogens (tertiary/aromatic N) is 5. The second kappa shape index (κ2) is 18.8. The summed E-state index contributed by atoms with van der Waals surface area (Å²) in [5, 5.41) is 15.1. The maximum Gasteiger partial charge on any atom is 0.159 e. The van der Waals surface area contributed by atoms with Crippen molar-refractivity contribution in [2.24, 2.45) is 5.41 Å². The topological polar surface area (TPSA) is 68.8 Å². The second-order valence-corrected chi connectivity index (χ2v) is 31.9. The average molecular weight is 1030 g/mol. The third-order valence-corrected chi connectivity index (χ3v) is 18.5. The SMILES string of the molecule is [2H]C1(c2ccc(-n3c4ccccc4c4nc(-c5cc(-c6cccc7c6nc(-c6cc(C(C)(C)C)cc(C(C)(C)C)c6O)n7-c6ccc([Si](C)(C)C)cc6-c6ccccc6)cc(C(C)(C)C)c5)ncc43)cc2)CCC(C)(C)CC1. The van der Waals surface area contributed by atoms with Crippen molar-refractivity contribution in [1.29, 1.82) is 0 Å². The van der Waals surface area contributed by atoms with Crippen molar-refractivity contribution in [1.82, 2.24) is 24.1 Å². The molecule has 0 unspecified atom stereocenters. The van der Waals surface area contributed by atoms with Crippen molar-refractivity contribution in [2.45, 2.75) is 144 Å². The van der Waals surface area contributed by atoms with E-state index in [-0.39, 0.29) is 22.0 Å². The molecule has 11 rings (SSSR count). The van der Waals surface area contributed by atoms with Crippen LogP contribution in [0.5, 0.6) is 5.75 Å². The van der Waals surface area contributed by atoms with Crippen LogP contribution in [0.25, 0.3) is 89.4 Å². The van der Waals surface area contributed by atoms with Crippen LogP contribution in [-0.4, -0.2) is 37.3 Å². The first-order valence-corrected chi connectivity index (χ1v) is 31.3.